The summed E-state index contributed by atoms with van der Waals surface area (Å²) in [5.74, 6) is 0.588. The van der Waals surface area contributed by atoms with Crippen LogP contribution in [-0.2, 0) is 0 Å². The molecule has 0 radical (unpaired) electrons. The molecule has 2 aromatic heterocycles. The number of anilines is 2. The molecule has 0 atom stereocenters. The highest BCUT2D eigenvalue weighted by atomic mass is 32.2. The molecule has 4 N–H and O–H groups in total. The summed E-state index contributed by atoms with van der Waals surface area (Å²) in [6.07, 6.45) is 3.13. The van der Waals surface area contributed by atoms with Crippen LogP contribution in [0.15, 0.2) is 34.6 Å². The Balaban J connectivity index is 2.35. The average Bonchev–Trinajstić information content (AvgIpc) is 2.28. The Bertz CT molecular complexity index is 571. The Hall–Kier alpha value is -2.33. The third-order valence-corrected chi connectivity index (χ3v) is 2.76. The molecule has 7 heteroatoms. The highest BCUT2D eigenvalue weighted by molar-refractivity contribution is 7.99. The zero-order valence-corrected chi connectivity index (χ0v) is 9.48. The van der Waals surface area contributed by atoms with E-state index in [4.69, 9.17) is 16.7 Å². The third kappa shape index (κ3) is 2.62. The van der Waals surface area contributed by atoms with E-state index < -0.39 is 0 Å². The minimum Gasteiger partial charge on any atom is -0.383 e. The average molecular weight is 244 g/mol. The third-order valence-electron chi connectivity index (χ3n) is 1.85. The van der Waals surface area contributed by atoms with E-state index in [-0.39, 0.29) is 0 Å². The molecule has 17 heavy (non-hydrogen) atoms. The van der Waals surface area contributed by atoms with Gasteiger partial charge in [-0.25, -0.2) is 9.97 Å². The number of nitrogen functional groups attached to an aromatic ring is 2. The first kappa shape index (κ1) is 11.2. The maximum absolute atomic E-state index is 8.92. The summed E-state index contributed by atoms with van der Waals surface area (Å²) in [6.45, 7) is 0. The summed E-state index contributed by atoms with van der Waals surface area (Å²) in [7, 11) is 0. The van der Waals surface area contributed by atoms with E-state index in [1.54, 1.807) is 18.5 Å². The van der Waals surface area contributed by atoms with Gasteiger partial charge in [0.15, 0.2) is 5.16 Å². The molecule has 2 rings (SSSR count). The second-order valence-electron chi connectivity index (χ2n) is 3.09. The summed E-state index contributed by atoms with van der Waals surface area (Å²) in [5.41, 5.74) is 11.6. The topological polar surface area (TPSA) is 114 Å². The highest BCUT2D eigenvalue weighted by Gasteiger charge is 2.07. The van der Waals surface area contributed by atoms with Crippen molar-refractivity contribution in [2.24, 2.45) is 0 Å². The van der Waals surface area contributed by atoms with Crippen molar-refractivity contribution in [1.82, 2.24) is 15.0 Å². The zero-order valence-electron chi connectivity index (χ0n) is 8.66. The van der Waals surface area contributed by atoms with Gasteiger partial charge in [0, 0.05) is 18.5 Å². The van der Waals surface area contributed by atoms with Crippen molar-refractivity contribution in [3.63, 3.8) is 0 Å². The largest absolute Gasteiger partial charge is 0.383 e. The standard InChI is InChI=1S/C10H8N6S/c11-4-6-1-2-14-5-7(6)17-10-15-8(12)3-9(13)16-10/h1-3,5H,(H4,12,13,15,16). The van der Waals surface area contributed by atoms with Crippen LogP contribution in [0.1, 0.15) is 5.56 Å². The molecular formula is C10H8N6S. The van der Waals surface area contributed by atoms with Crippen molar-refractivity contribution in [3.05, 3.63) is 30.1 Å². The number of pyridine rings is 1. The van der Waals surface area contributed by atoms with E-state index >= 15 is 0 Å². The molecule has 0 amide bonds. The maximum atomic E-state index is 8.92. The smallest absolute Gasteiger partial charge is 0.196 e. The van der Waals surface area contributed by atoms with Crippen molar-refractivity contribution in [3.8, 4) is 6.07 Å². The Morgan fingerprint density at radius 3 is 2.59 bits per heavy atom. The molecule has 84 valence electrons. The maximum Gasteiger partial charge on any atom is 0.196 e. The lowest BCUT2D eigenvalue weighted by molar-refractivity contribution is 0.983. The van der Waals surface area contributed by atoms with Gasteiger partial charge >= 0.3 is 0 Å². The molecule has 2 aromatic rings. The number of hydrogen-bond donors (Lipinski definition) is 2. The summed E-state index contributed by atoms with van der Waals surface area (Å²) in [5, 5.41) is 9.32. The molecule has 0 bridgehead atoms. The van der Waals surface area contributed by atoms with Crippen molar-refractivity contribution in [2.75, 3.05) is 11.5 Å². The SMILES string of the molecule is N#Cc1ccncc1Sc1nc(N)cc(N)n1. The molecular weight excluding hydrogens is 236 g/mol. The normalized spacial score (nSPS) is 9.82. The van der Waals surface area contributed by atoms with Crippen LogP contribution in [-0.4, -0.2) is 15.0 Å². The van der Waals surface area contributed by atoms with Gasteiger partial charge in [0.25, 0.3) is 0 Å². The summed E-state index contributed by atoms with van der Waals surface area (Å²) in [6, 6.07) is 5.16. The fourth-order valence-electron chi connectivity index (χ4n) is 1.16. The second kappa shape index (κ2) is 4.67. The van der Waals surface area contributed by atoms with Crippen molar-refractivity contribution >= 4 is 23.4 Å². The highest BCUT2D eigenvalue weighted by Crippen LogP contribution is 2.27. The molecule has 0 saturated heterocycles. The Labute approximate surface area is 102 Å². The summed E-state index contributed by atoms with van der Waals surface area (Å²) in [4.78, 5) is 12.6. The lowest BCUT2D eigenvalue weighted by atomic mass is 10.3. The van der Waals surface area contributed by atoms with Crippen LogP contribution in [0.25, 0.3) is 0 Å². The Morgan fingerprint density at radius 1 is 1.24 bits per heavy atom. The van der Waals surface area contributed by atoms with E-state index in [9.17, 15) is 0 Å². The van der Waals surface area contributed by atoms with Gasteiger partial charge in [-0.1, -0.05) is 0 Å². The van der Waals surface area contributed by atoms with Crippen LogP contribution >= 0.6 is 11.8 Å². The molecule has 0 saturated carbocycles. The number of rotatable bonds is 2. The van der Waals surface area contributed by atoms with Gasteiger partial charge in [-0.2, -0.15) is 5.26 Å². The number of hydrogen-bond acceptors (Lipinski definition) is 7. The molecule has 0 fully saturated rings. The van der Waals surface area contributed by atoms with Crippen LogP contribution in [0.3, 0.4) is 0 Å². The fourth-order valence-corrected chi connectivity index (χ4v) is 2.00. The molecule has 2 heterocycles. The number of nitrogens with zero attached hydrogens (tertiary/aromatic N) is 4. The Morgan fingerprint density at radius 2 is 1.94 bits per heavy atom. The summed E-state index contributed by atoms with van der Waals surface area (Å²) < 4.78 is 0. The zero-order chi connectivity index (χ0) is 12.3. The van der Waals surface area contributed by atoms with Crippen LogP contribution in [0.5, 0.6) is 0 Å². The van der Waals surface area contributed by atoms with Gasteiger partial charge in [0.05, 0.1) is 10.5 Å². The van der Waals surface area contributed by atoms with Gasteiger partial charge in [0.1, 0.15) is 17.7 Å². The number of nitriles is 1. The second-order valence-corrected chi connectivity index (χ2v) is 4.10. The van der Waals surface area contributed by atoms with Crippen LogP contribution in [0.4, 0.5) is 11.6 Å². The van der Waals surface area contributed by atoms with Gasteiger partial charge in [-0.3, -0.25) is 4.98 Å². The predicted molar refractivity (Wildman–Crippen MR) is 63.9 cm³/mol. The van der Waals surface area contributed by atoms with Crippen LogP contribution in [0.2, 0.25) is 0 Å². The van der Waals surface area contributed by atoms with Crippen molar-refractivity contribution < 1.29 is 0 Å². The molecule has 6 nitrogen and oxygen atoms in total. The fraction of sp³-hybridized carbons (Fsp3) is 0. The lowest BCUT2D eigenvalue weighted by Crippen LogP contribution is -1.99. The molecule has 0 unspecified atom stereocenters. The van der Waals surface area contributed by atoms with E-state index in [1.165, 1.54) is 17.8 Å². The minimum atomic E-state index is 0.294. The number of nitrogens with two attached hydrogens (primary N) is 2. The number of aromatic nitrogens is 3. The lowest BCUT2D eigenvalue weighted by Gasteiger charge is -2.03. The van der Waals surface area contributed by atoms with E-state index in [0.29, 0.717) is 27.3 Å². The monoisotopic (exact) mass is 244 g/mol. The van der Waals surface area contributed by atoms with Crippen LogP contribution < -0.4 is 11.5 Å². The van der Waals surface area contributed by atoms with Gasteiger partial charge in [-0.15, -0.1) is 0 Å². The van der Waals surface area contributed by atoms with Gasteiger partial charge < -0.3 is 11.5 Å². The van der Waals surface area contributed by atoms with Crippen molar-refractivity contribution in [2.45, 2.75) is 10.1 Å². The first-order chi connectivity index (χ1) is 8.19. The molecule has 0 aliphatic heterocycles. The quantitative estimate of drug-likeness (QED) is 0.759. The van der Waals surface area contributed by atoms with Gasteiger partial charge in [0.2, 0.25) is 0 Å². The first-order valence-electron chi connectivity index (χ1n) is 4.61. The molecule has 0 aliphatic carbocycles. The van der Waals surface area contributed by atoms with E-state index in [1.807, 2.05) is 0 Å². The van der Waals surface area contributed by atoms with E-state index in [0.717, 1.165) is 0 Å². The first-order valence-corrected chi connectivity index (χ1v) is 5.42. The summed E-state index contributed by atoms with van der Waals surface area (Å²) >= 11 is 1.20. The molecule has 0 aliphatic rings. The minimum absolute atomic E-state index is 0.294. The predicted octanol–water partition coefficient (Wildman–Crippen LogP) is 1.06. The van der Waals surface area contributed by atoms with Crippen LogP contribution in [0, 0.1) is 11.3 Å². The van der Waals surface area contributed by atoms with Crippen molar-refractivity contribution in [1.29, 1.82) is 5.26 Å². The van der Waals surface area contributed by atoms with Gasteiger partial charge in [-0.05, 0) is 17.8 Å². The van der Waals surface area contributed by atoms with E-state index in [2.05, 4.69) is 21.0 Å². The Kier molecular flexibility index (Phi) is 3.07. The molecule has 0 spiro atoms. The molecule has 0 aromatic carbocycles.